The first-order valence-corrected chi connectivity index (χ1v) is 7.18. The molecule has 1 heteroatoms. The molecule has 0 aliphatic heterocycles. The van der Waals surface area contributed by atoms with Gasteiger partial charge in [-0.05, 0) is 42.9 Å². The number of hydrogen-bond donors (Lipinski definition) is 1. The zero-order valence-corrected chi connectivity index (χ0v) is 10.7. The van der Waals surface area contributed by atoms with E-state index in [4.69, 9.17) is 0 Å². The standard InChI is InChI=1S/C15H25N/c1-10-5-3-8-14(11(10)2)16-15-9-12-6-4-7-13(12)15/h4,7,10-16H,3,5-6,8-9H2,1-2H3. The molecule has 6 atom stereocenters. The lowest BCUT2D eigenvalue weighted by Gasteiger charge is -2.46. The Bertz CT molecular complexity index is 283. The molecule has 0 saturated heterocycles. The van der Waals surface area contributed by atoms with E-state index in [0.717, 1.165) is 35.8 Å². The van der Waals surface area contributed by atoms with Crippen LogP contribution in [0.4, 0.5) is 0 Å². The summed E-state index contributed by atoms with van der Waals surface area (Å²) in [5.41, 5.74) is 0. The molecule has 6 unspecified atom stereocenters. The average molecular weight is 219 g/mol. The average Bonchev–Trinajstić information content (AvgIpc) is 2.62. The van der Waals surface area contributed by atoms with Crippen molar-refractivity contribution in [2.24, 2.45) is 23.7 Å². The van der Waals surface area contributed by atoms with E-state index in [9.17, 15) is 0 Å². The smallest absolute Gasteiger partial charge is 0.0138 e. The summed E-state index contributed by atoms with van der Waals surface area (Å²) >= 11 is 0. The molecule has 3 aliphatic rings. The first kappa shape index (κ1) is 10.8. The molecular formula is C15H25N. The van der Waals surface area contributed by atoms with Gasteiger partial charge < -0.3 is 5.32 Å². The minimum atomic E-state index is 0.795. The van der Waals surface area contributed by atoms with Gasteiger partial charge in [-0.25, -0.2) is 0 Å². The van der Waals surface area contributed by atoms with E-state index in [1.165, 1.54) is 32.1 Å². The van der Waals surface area contributed by atoms with Crippen LogP contribution < -0.4 is 5.32 Å². The summed E-state index contributed by atoms with van der Waals surface area (Å²) in [7, 11) is 0. The monoisotopic (exact) mass is 219 g/mol. The van der Waals surface area contributed by atoms with Crippen LogP contribution in [0, 0.1) is 23.7 Å². The van der Waals surface area contributed by atoms with Crippen molar-refractivity contribution in [3.8, 4) is 0 Å². The fraction of sp³-hybridized carbons (Fsp3) is 0.867. The molecule has 16 heavy (non-hydrogen) atoms. The minimum Gasteiger partial charge on any atom is -0.310 e. The van der Waals surface area contributed by atoms with Gasteiger partial charge in [-0.1, -0.05) is 38.8 Å². The Balaban J connectivity index is 1.56. The van der Waals surface area contributed by atoms with Crippen LogP contribution in [0.15, 0.2) is 12.2 Å². The highest BCUT2D eigenvalue weighted by atomic mass is 15.0. The highest BCUT2D eigenvalue weighted by molar-refractivity contribution is 5.13. The quantitative estimate of drug-likeness (QED) is 0.702. The molecule has 3 rings (SSSR count). The SMILES string of the molecule is CC1CCCC(NC2CC3CC=CC32)C1C. The third kappa shape index (κ3) is 1.73. The Kier molecular flexibility index (Phi) is 2.83. The van der Waals surface area contributed by atoms with Crippen LogP contribution in [-0.4, -0.2) is 12.1 Å². The van der Waals surface area contributed by atoms with E-state index in [-0.39, 0.29) is 0 Å². The molecule has 0 aromatic heterocycles. The van der Waals surface area contributed by atoms with Gasteiger partial charge in [-0.3, -0.25) is 0 Å². The van der Waals surface area contributed by atoms with Gasteiger partial charge in [-0.15, -0.1) is 0 Å². The van der Waals surface area contributed by atoms with Crippen LogP contribution in [0.3, 0.4) is 0 Å². The summed E-state index contributed by atoms with van der Waals surface area (Å²) < 4.78 is 0. The Morgan fingerprint density at radius 1 is 1.12 bits per heavy atom. The molecule has 1 nitrogen and oxygen atoms in total. The first-order valence-electron chi connectivity index (χ1n) is 7.18. The first-order chi connectivity index (χ1) is 7.75. The van der Waals surface area contributed by atoms with E-state index < -0.39 is 0 Å². The van der Waals surface area contributed by atoms with Gasteiger partial charge >= 0.3 is 0 Å². The normalized spacial score (nSPS) is 51.1. The largest absolute Gasteiger partial charge is 0.310 e. The van der Waals surface area contributed by atoms with E-state index >= 15 is 0 Å². The van der Waals surface area contributed by atoms with Crippen LogP contribution >= 0.6 is 0 Å². The predicted molar refractivity (Wildman–Crippen MR) is 68.2 cm³/mol. The molecular weight excluding hydrogens is 194 g/mol. The van der Waals surface area contributed by atoms with Crippen LogP contribution in [-0.2, 0) is 0 Å². The Morgan fingerprint density at radius 3 is 2.81 bits per heavy atom. The van der Waals surface area contributed by atoms with Crippen LogP contribution in [0.1, 0.15) is 46.0 Å². The summed E-state index contributed by atoms with van der Waals surface area (Å²) in [5.74, 6) is 3.66. The lowest BCUT2D eigenvalue weighted by atomic mass is 9.69. The molecule has 90 valence electrons. The highest BCUT2D eigenvalue weighted by Gasteiger charge is 2.42. The second kappa shape index (κ2) is 4.18. The van der Waals surface area contributed by atoms with Gasteiger partial charge in [0, 0.05) is 12.1 Å². The minimum absolute atomic E-state index is 0.795. The number of allylic oxidation sites excluding steroid dienone is 1. The summed E-state index contributed by atoms with van der Waals surface area (Å²) in [4.78, 5) is 0. The van der Waals surface area contributed by atoms with Crippen LogP contribution in [0.5, 0.6) is 0 Å². The maximum Gasteiger partial charge on any atom is 0.0138 e. The van der Waals surface area contributed by atoms with Crippen LogP contribution in [0.2, 0.25) is 0 Å². The van der Waals surface area contributed by atoms with Crippen molar-refractivity contribution in [1.82, 2.24) is 5.32 Å². The molecule has 0 amide bonds. The van der Waals surface area contributed by atoms with Gasteiger partial charge in [0.25, 0.3) is 0 Å². The molecule has 0 aromatic rings. The second-order valence-electron chi connectivity index (χ2n) is 6.38. The lowest BCUT2D eigenvalue weighted by Crippen LogP contribution is -2.54. The predicted octanol–water partition coefficient (Wildman–Crippen LogP) is 3.37. The van der Waals surface area contributed by atoms with Gasteiger partial charge in [0.05, 0.1) is 0 Å². The summed E-state index contributed by atoms with van der Waals surface area (Å²) in [5, 5.41) is 3.96. The third-order valence-corrected chi connectivity index (χ3v) is 5.50. The lowest BCUT2D eigenvalue weighted by molar-refractivity contribution is 0.110. The van der Waals surface area contributed by atoms with Crippen molar-refractivity contribution < 1.29 is 0 Å². The molecule has 3 aliphatic carbocycles. The fourth-order valence-corrected chi connectivity index (χ4v) is 4.00. The van der Waals surface area contributed by atoms with Gasteiger partial charge in [0.1, 0.15) is 0 Å². The van der Waals surface area contributed by atoms with Crippen molar-refractivity contribution in [3.05, 3.63) is 12.2 Å². The molecule has 2 saturated carbocycles. The van der Waals surface area contributed by atoms with Gasteiger partial charge in [-0.2, -0.15) is 0 Å². The van der Waals surface area contributed by atoms with E-state index in [0.29, 0.717) is 0 Å². The summed E-state index contributed by atoms with van der Waals surface area (Å²) in [6.07, 6.45) is 11.9. The number of hydrogen-bond acceptors (Lipinski definition) is 1. The zero-order valence-electron chi connectivity index (χ0n) is 10.7. The molecule has 0 aromatic carbocycles. The van der Waals surface area contributed by atoms with Crippen molar-refractivity contribution in [3.63, 3.8) is 0 Å². The van der Waals surface area contributed by atoms with E-state index in [2.05, 4.69) is 31.3 Å². The van der Waals surface area contributed by atoms with Crippen LogP contribution in [0.25, 0.3) is 0 Å². The third-order valence-electron chi connectivity index (χ3n) is 5.50. The Labute approximate surface area is 99.7 Å². The number of rotatable bonds is 2. The van der Waals surface area contributed by atoms with Gasteiger partial charge in [0.15, 0.2) is 0 Å². The second-order valence-corrected chi connectivity index (χ2v) is 6.38. The maximum absolute atomic E-state index is 3.96. The molecule has 0 bridgehead atoms. The van der Waals surface area contributed by atoms with E-state index in [1.807, 2.05) is 0 Å². The molecule has 0 heterocycles. The van der Waals surface area contributed by atoms with Crippen molar-refractivity contribution in [2.75, 3.05) is 0 Å². The number of fused-ring (bicyclic) bond motifs is 1. The molecule has 2 fully saturated rings. The fourth-order valence-electron chi connectivity index (χ4n) is 4.00. The topological polar surface area (TPSA) is 12.0 Å². The molecule has 1 N–H and O–H groups in total. The Hall–Kier alpha value is -0.300. The van der Waals surface area contributed by atoms with Crippen molar-refractivity contribution in [2.45, 2.75) is 58.0 Å². The zero-order chi connectivity index (χ0) is 11.1. The number of nitrogens with one attached hydrogen (secondary N) is 1. The van der Waals surface area contributed by atoms with Crippen molar-refractivity contribution in [1.29, 1.82) is 0 Å². The molecule has 0 spiro atoms. The maximum atomic E-state index is 3.96. The summed E-state index contributed by atoms with van der Waals surface area (Å²) in [6.45, 7) is 4.87. The van der Waals surface area contributed by atoms with E-state index in [1.54, 1.807) is 0 Å². The highest BCUT2D eigenvalue weighted by Crippen LogP contribution is 2.43. The van der Waals surface area contributed by atoms with Crippen molar-refractivity contribution >= 4 is 0 Å². The van der Waals surface area contributed by atoms with Gasteiger partial charge in [0.2, 0.25) is 0 Å². The summed E-state index contributed by atoms with van der Waals surface area (Å²) in [6, 6.07) is 1.60. The molecule has 0 radical (unpaired) electrons. The Morgan fingerprint density at radius 2 is 2.00 bits per heavy atom.